The molecule has 126 valence electrons. The molecule has 1 rings (SSSR count). The molecular formula is C17H26Cl2FNO. The van der Waals surface area contributed by atoms with Gasteiger partial charge in [0, 0.05) is 11.4 Å². The van der Waals surface area contributed by atoms with E-state index in [1.807, 2.05) is 13.0 Å². The molecule has 0 spiro atoms. The van der Waals surface area contributed by atoms with Crippen LogP contribution >= 0.6 is 24.0 Å². The van der Waals surface area contributed by atoms with Crippen LogP contribution in [-0.4, -0.2) is 18.4 Å². The van der Waals surface area contributed by atoms with Crippen LogP contribution in [0.15, 0.2) is 18.2 Å². The Morgan fingerprint density at radius 2 is 2.00 bits per heavy atom. The summed E-state index contributed by atoms with van der Waals surface area (Å²) >= 11 is 5.73. The van der Waals surface area contributed by atoms with Crippen molar-refractivity contribution < 1.29 is 9.13 Å². The molecule has 1 aromatic rings. The molecule has 0 bridgehead atoms. The highest BCUT2D eigenvalue weighted by Gasteiger charge is 2.23. The van der Waals surface area contributed by atoms with Gasteiger partial charge >= 0.3 is 0 Å². The molecule has 0 saturated heterocycles. The summed E-state index contributed by atoms with van der Waals surface area (Å²) < 4.78 is 19.8. The normalized spacial score (nSPS) is 12.5. The first kappa shape index (κ1) is 21.2. The second kappa shape index (κ2) is 9.36. The van der Waals surface area contributed by atoms with Gasteiger partial charge in [0.2, 0.25) is 0 Å². The van der Waals surface area contributed by atoms with E-state index in [1.165, 1.54) is 0 Å². The highest BCUT2D eigenvalue weighted by Crippen LogP contribution is 2.30. The summed E-state index contributed by atoms with van der Waals surface area (Å²) in [4.78, 5) is 0. The van der Waals surface area contributed by atoms with Crippen LogP contribution in [0.3, 0.4) is 0 Å². The van der Waals surface area contributed by atoms with Crippen LogP contribution in [0.5, 0.6) is 0 Å². The van der Waals surface area contributed by atoms with Crippen molar-refractivity contribution in [1.82, 2.24) is 0 Å². The fraction of sp³-hybridized carbons (Fsp3) is 0.588. The topological polar surface area (TPSA) is 33.1 Å². The summed E-state index contributed by atoms with van der Waals surface area (Å²) in [6, 6.07) is 5.29. The van der Waals surface area contributed by atoms with Crippen LogP contribution in [0.2, 0.25) is 0 Å². The Bertz CT molecular complexity index is 486. The van der Waals surface area contributed by atoms with Crippen molar-refractivity contribution in [1.29, 1.82) is 5.41 Å². The van der Waals surface area contributed by atoms with Crippen LogP contribution in [0, 0.1) is 11.2 Å². The second-order valence-electron chi connectivity index (χ2n) is 6.17. The van der Waals surface area contributed by atoms with Gasteiger partial charge in [0.05, 0.1) is 12.5 Å². The molecule has 2 nitrogen and oxygen atoms in total. The van der Waals surface area contributed by atoms with Crippen LogP contribution in [0.1, 0.15) is 57.6 Å². The molecule has 0 saturated carbocycles. The quantitative estimate of drug-likeness (QED) is 0.401. The first-order chi connectivity index (χ1) is 9.81. The lowest BCUT2D eigenvalue weighted by Crippen LogP contribution is -2.18. The highest BCUT2D eigenvalue weighted by molar-refractivity contribution is 6.17. The molecule has 1 unspecified atom stereocenters. The number of benzene rings is 1. The number of rotatable bonds is 6. The van der Waals surface area contributed by atoms with E-state index in [2.05, 4.69) is 20.8 Å². The molecule has 22 heavy (non-hydrogen) atoms. The maximum absolute atomic E-state index is 14.5. The van der Waals surface area contributed by atoms with Gasteiger partial charge in [-0.2, -0.15) is 0 Å². The van der Waals surface area contributed by atoms with Gasteiger partial charge in [0.15, 0.2) is 5.90 Å². The lowest BCUT2D eigenvalue weighted by molar-refractivity contribution is 0.304. The summed E-state index contributed by atoms with van der Waals surface area (Å²) in [5.74, 6) is -0.0216. The Kier molecular flexibility index (Phi) is 9.02. The predicted octanol–water partition coefficient (Wildman–Crippen LogP) is 5.66. The molecule has 0 aromatic heterocycles. The molecule has 0 radical (unpaired) electrons. The predicted molar refractivity (Wildman–Crippen MR) is 94.4 cm³/mol. The third-order valence-electron chi connectivity index (χ3n) is 3.48. The first-order valence-corrected chi connectivity index (χ1v) is 7.91. The average Bonchev–Trinajstić information content (AvgIpc) is 2.39. The van der Waals surface area contributed by atoms with Gasteiger partial charge in [-0.05, 0) is 36.8 Å². The highest BCUT2D eigenvalue weighted by atomic mass is 35.5. The monoisotopic (exact) mass is 349 g/mol. The van der Waals surface area contributed by atoms with E-state index in [9.17, 15) is 4.39 Å². The Balaban J connectivity index is 0.00000441. The van der Waals surface area contributed by atoms with Gasteiger partial charge in [0.25, 0.3) is 0 Å². The van der Waals surface area contributed by atoms with E-state index >= 15 is 0 Å². The van der Waals surface area contributed by atoms with E-state index in [-0.39, 0.29) is 35.5 Å². The number of hydrogen-bond donors (Lipinski definition) is 1. The number of ether oxygens (including phenoxy) is 1. The fourth-order valence-electron chi connectivity index (χ4n) is 2.24. The lowest BCUT2D eigenvalue weighted by Gasteiger charge is -2.22. The molecule has 1 aromatic carbocycles. The van der Waals surface area contributed by atoms with E-state index in [0.29, 0.717) is 24.5 Å². The van der Waals surface area contributed by atoms with Gasteiger partial charge in [0.1, 0.15) is 5.82 Å². The molecule has 0 heterocycles. The summed E-state index contributed by atoms with van der Waals surface area (Å²) in [6.07, 6.45) is 1.34. The van der Waals surface area contributed by atoms with Crippen molar-refractivity contribution in [3.8, 4) is 0 Å². The van der Waals surface area contributed by atoms with Crippen molar-refractivity contribution in [3.05, 3.63) is 35.1 Å². The Labute approximate surface area is 144 Å². The van der Waals surface area contributed by atoms with Crippen molar-refractivity contribution in [3.63, 3.8) is 0 Å². The van der Waals surface area contributed by atoms with Gasteiger partial charge < -0.3 is 4.74 Å². The maximum Gasteiger partial charge on any atom is 0.188 e. The zero-order valence-electron chi connectivity index (χ0n) is 13.7. The van der Waals surface area contributed by atoms with Gasteiger partial charge in [-0.15, -0.1) is 24.0 Å². The van der Waals surface area contributed by atoms with E-state index in [4.69, 9.17) is 21.7 Å². The van der Waals surface area contributed by atoms with E-state index in [1.54, 1.807) is 12.1 Å². The SMILES string of the molecule is CCOC(=N)C(CCCCl)c1ccc(C(C)(C)C)cc1F.Cl. The minimum Gasteiger partial charge on any atom is -0.481 e. The number of halogens is 3. The summed E-state index contributed by atoms with van der Waals surface area (Å²) in [7, 11) is 0. The number of nitrogens with one attached hydrogen (secondary N) is 1. The zero-order chi connectivity index (χ0) is 16.0. The minimum absolute atomic E-state index is 0. The first-order valence-electron chi connectivity index (χ1n) is 7.38. The number of hydrogen-bond acceptors (Lipinski definition) is 2. The smallest absolute Gasteiger partial charge is 0.188 e. The standard InChI is InChI=1S/C17H25ClFNO.ClH/c1-5-21-16(20)14(7-6-10-18)13-9-8-12(11-15(13)19)17(2,3)4;/h8-9,11,14,20H,5-7,10H2,1-4H3;1H. The average molecular weight is 350 g/mol. The molecule has 1 atom stereocenters. The van der Waals surface area contributed by atoms with Crippen LogP contribution in [-0.2, 0) is 10.2 Å². The van der Waals surface area contributed by atoms with Crippen LogP contribution < -0.4 is 0 Å². The molecular weight excluding hydrogens is 324 g/mol. The van der Waals surface area contributed by atoms with Crippen LogP contribution in [0.4, 0.5) is 4.39 Å². The van der Waals surface area contributed by atoms with Gasteiger partial charge in [-0.1, -0.05) is 32.9 Å². The van der Waals surface area contributed by atoms with Crippen molar-refractivity contribution >= 4 is 29.9 Å². The molecule has 0 aliphatic heterocycles. The molecule has 0 amide bonds. The van der Waals surface area contributed by atoms with E-state index < -0.39 is 0 Å². The van der Waals surface area contributed by atoms with Crippen LogP contribution in [0.25, 0.3) is 0 Å². The fourth-order valence-corrected chi connectivity index (χ4v) is 2.40. The molecule has 5 heteroatoms. The third-order valence-corrected chi connectivity index (χ3v) is 3.75. The summed E-state index contributed by atoms with van der Waals surface area (Å²) in [5.41, 5.74) is 1.37. The van der Waals surface area contributed by atoms with Crippen molar-refractivity contribution in [2.75, 3.05) is 12.5 Å². The second-order valence-corrected chi connectivity index (χ2v) is 6.55. The van der Waals surface area contributed by atoms with Crippen molar-refractivity contribution in [2.45, 2.75) is 51.9 Å². The Morgan fingerprint density at radius 1 is 1.36 bits per heavy atom. The molecule has 0 fully saturated rings. The lowest BCUT2D eigenvalue weighted by atomic mass is 9.84. The van der Waals surface area contributed by atoms with Gasteiger partial charge in [-0.25, -0.2) is 4.39 Å². The minimum atomic E-state index is -0.363. The van der Waals surface area contributed by atoms with Gasteiger partial charge in [-0.3, -0.25) is 5.41 Å². The third kappa shape index (κ3) is 5.77. The molecule has 0 aliphatic carbocycles. The molecule has 1 N–H and O–H groups in total. The van der Waals surface area contributed by atoms with Crippen molar-refractivity contribution in [2.24, 2.45) is 0 Å². The molecule has 0 aliphatic rings. The Morgan fingerprint density at radius 3 is 2.45 bits per heavy atom. The summed E-state index contributed by atoms with van der Waals surface area (Å²) in [6.45, 7) is 8.39. The Hall–Kier alpha value is -0.800. The van der Waals surface area contributed by atoms with E-state index in [0.717, 1.165) is 12.0 Å². The zero-order valence-corrected chi connectivity index (χ0v) is 15.3. The largest absolute Gasteiger partial charge is 0.481 e. The maximum atomic E-state index is 14.5. The number of alkyl halides is 1. The summed E-state index contributed by atoms with van der Waals surface area (Å²) in [5, 5.41) is 8.00.